The quantitative estimate of drug-likeness (QED) is 0.815. The van der Waals surface area contributed by atoms with E-state index in [9.17, 15) is 4.79 Å². The Labute approximate surface area is 119 Å². The van der Waals surface area contributed by atoms with Gasteiger partial charge in [0, 0.05) is 30.6 Å². The number of rotatable bonds is 6. The molecule has 0 atom stereocenters. The second kappa shape index (κ2) is 6.92. The number of aliphatic hydroxyl groups excluding tert-OH is 1. The number of benzene rings is 1. The molecular formula is C15H20ClNO2. The highest BCUT2D eigenvalue weighted by atomic mass is 35.5. The summed E-state index contributed by atoms with van der Waals surface area (Å²) in [5.41, 5.74) is 1.72. The average Bonchev–Trinajstić information content (AvgIpc) is 2.40. The summed E-state index contributed by atoms with van der Waals surface area (Å²) < 4.78 is 0. The van der Waals surface area contributed by atoms with E-state index in [2.05, 4.69) is 0 Å². The molecule has 2 rings (SSSR count). The summed E-state index contributed by atoms with van der Waals surface area (Å²) in [6, 6.07) is 7.82. The minimum absolute atomic E-state index is 0.0688. The second-order valence-electron chi connectivity index (χ2n) is 4.99. The van der Waals surface area contributed by atoms with Gasteiger partial charge in [-0.1, -0.05) is 12.1 Å². The van der Waals surface area contributed by atoms with Crippen molar-refractivity contribution in [2.75, 3.05) is 13.2 Å². The van der Waals surface area contributed by atoms with Gasteiger partial charge in [0.15, 0.2) is 0 Å². The van der Waals surface area contributed by atoms with Crippen LogP contribution in [0.5, 0.6) is 0 Å². The molecule has 1 aliphatic rings. The normalized spacial score (nSPS) is 15.1. The van der Waals surface area contributed by atoms with Gasteiger partial charge in [0.1, 0.15) is 0 Å². The Kier molecular flexibility index (Phi) is 5.23. The number of carbonyl (C=O) groups excluding carboxylic acids is 1. The molecule has 104 valence electrons. The van der Waals surface area contributed by atoms with Crippen molar-refractivity contribution < 1.29 is 9.90 Å². The number of halogens is 1. The van der Waals surface area contributed by atoms with Crippen LogP contribution in [0.15, 0.2) is 24.3 Å². The van der Waals surface area contributed by atoms with Gasteiger partial charge in [-0.2, -0.15) is 0 Å². The van der Waals surface area contributed by atoms with E-state index in [-0.39, 0.29) is 12.5 Å². The Hall–Kier alpha value is -1.06. The minimum Gasteiger partial charge on any atom is -0.396 e. The molecule has 0 bridgehead atoms. The van der Waals surface area contributed by atoms with E-state index in [0.717, 1.165) is 18.4 Å². The summed E-state index contributed by atoms with van der Waals surface area (Å²) in [5, 5.41) is 8.96. The number of aliphatic hydroxyl groups is 1. The largest absolute Gasteiger partial charge is 0.396 e. The topological polar surface area (TPSA) is 40.5 Å². The van der Waals surface area contributed by atoms with Crippen LogP contribution in [0.4, 0.5) is 0 Å². The highest BCUT2D eigenvalue weighted by Crippen LogP contribution is 2.26. The minimum atomic E-state index is 0.0688. The third-order valence-electron chi connectivity index (χ3n) is 3.69. The molecular weight excluding hydrogens is 262 g/mol. The number of hydrogen-bond acceptors (Lipinski definition) is 2. The van der Waals surface area contributed by atoms with Gasteiger partial charge >= 0.3 is 0 Å². The fourth-order valence-corrected chi connectivity index (χ4v) is 2.47. The number of nitrogens with zero attached hydrogens (tertiary/aromatic N) is 1. The summed E-state index contributed by atoms with van der Waals surface area (Å²) in [5.74, 6) is 0.532. The van der Waals surface area contributed by atoms with Gasteiger partial charge in [0.2, 0.25) is 0 Å². The molecule has 19 heavy (non-hydrogen) atoms. The Morgan fingerprint density at radius 2 is 2.00 bits per heavy atom. The maximum atomic E-state index is 12.5. The van der Waals surface area contributed by atoms with Crippen molar-refractivity contribution in [3.05, 3.63) is 35.4 Å². The van der Waals surface area contributed by atoms with Gasteiger partial charge in [-0.3, -0.25) is 4.79 Å². The molecule has 0 aromatic heterocycles. The molecule has 1 aliphatic carbocycles. The Balaban J connectivity index is 2.08. The van der Waals surface area contributed by atoms with Gasteiger partial charge in [-0.25, -0.2) is 0 Å². The highest BCUT2D eigenvalue weighted by Gasteiger charge is 2.28. The van der Waals surface area contributed by atoms with Crippen LogP contribution in [0.2, 0.25) is 0 Å². The van der Waals surface area contributed by atoms with Crippen LogP contribution in [0.3, 0.4) is 0 Å². The number of hydrogen-bond donors (Lipinski definition) is 1. The first-order valence-electron chi connectivity index (χ1n) is 6.83. The van der Waals surface area contributed by atoms with E-state index < -0.39 is 0 Å². The summed E-state index contributed by atoms with van der Waals surface area (Å²) in [7, 11) is 0. The van der Waals surface area contributed by atoms with E-state index >= 15 is 0 Å². The van der Waals surface area contributed by atoms with Crippen molar-refractivity contribution in [1.29, 1.82) is 0 Å². The van der Waals surface area contributed by atoms with Crippen LogP contribution in [0.25, 0.3) is 0 Å². The molecule has 1 aromatic carbocycles. The van der Waals surface area contributed by atoms with E-state index in [1.165, 1.54) is 6.42 Å². The Morgan fingerprint density at radius 3 is 2.47 bits per heavy atom. The molecule has 0 spiro atoms. The van der Waals surface area contributed by atoms with Crippen LogP contribution < -0.4 is 0 Å². The number of carbonyl (C=O) groups is 1. The van der Waals surface area contributed by atoms with E-state index in [1.807, 2.05) is 29.2 Å². The number of alkyl halides is 1. The molecule has 1 N–H and O–H groups in total. The van der Waals surface area contributed by atoms with Crippen molar-refractivity contribution in [2.24, 2.45) is 0 Å². The van der Waals surface area contributed by atoms with Crippen molar-refractivity contribution in [2.45, 2.75) is 37.6 Å². The monoisotopic (exact) mass is 281 g/mol. The predicted octanol–water partition coefficient (Wildman–Crippen LogP) is 2.80. The van der Waals surface area contributed by atoms with E-state index in [0.29, 0.717) is 30.5 Å². The van der Waals surface area contributed by atoms with Crippen LogP contribution in [-0.4, -0.2) is 35.1 Å². The van der Waals surface area contributed by atoms with Crippen LogP contribution in [-0.2, 0) is 5.88 Å². The molecule has 3 nitrogen and oxygen atoms in total. The zero-order chi connectivity index (χ0) is 13.7. The van der Waals surface area contributed by atoms with E-state index in [1.54, 1.807) is 0 Å². The zero-order valence-corrected chi connectivity index (χ0v) is 11.8. The maximum Gasteiger partial charge on any atom is 0.254 e. The van der Waals surface area contributed by atoms with Crippen molar-refractivity contribution in [3.63, 3.8) is 0 Å². The molecule has 0 unspecified atom stereocenters. The molecule has 1 amide bonds. The second-order valence-corrected chi connectivity index (χ2v) is 5.26. The fraction of sp³-hybridized carbons (Fsp3) is 0.533. The Bertz CT molecular complexity index is 415. The summed E-state index contributed by atoms with van der Waals surface area (Å²) >= 11 is 5.75. The standard InChI is InChI=1S/C15H20ClNO2/c16-11-12-5-7-13(8-6-12)15(19)17(9-2-10-18)14-3-1-4-14/h5-8,14,18H,1-4,9-11H2. The van der Waals surface area contributed by atoms with Crippen LogP contribution in [0, 0.1) is 0 Å². The van der Waals surface area contributed by atoms with Crippen molar-refractivity contribution in [1.82, 2.24) is 4.90 Å². The zero-order valence-electron chi connectivity index (χ0n) is 11.0. The van der Waals surface area contributed by atoms with Gasteiger partial charge < -0.3 is 10.0 Å². The van der Waals surface area contributed by atoms with Crippen LogP contribution in [0.1, 0.15) is 41.6 Å². The third kappa shape index (κ3) is 3.48. The summed E-state index contributed by atoms with van der Waals surface area (Å²) in [4.78, 5) is 14.4. The lowest BCUT2D eigenvalue weighted by Gasteiger charge is -2.37. The average molecular weight is 282 g/mol. The molecule has 0 heterocycles. The smallest absolute Gasteiger partial charge is 0.254 e. The van der Waals surface area contributed by atoms with Crippen LogP contribution >= 0.6 is 11.6 Å². The predicted molar refractivity (Wildman–Crippen MR) is 76.4 cm³/mol. The lowest BCUT2D eigenvalue weighted by Crippen LogP contribution is -2.44. The van der Waals surface area contributed by atoms with Gasteiger partial charge in [0.05, 0.1) is 0 Å². The SMILES string of the molecule is O=C(c1ccc(CCl)cc1)N(CCCO)C1CCC1. The third-order valence-corrected chi connectivity index (χ3v) is 4.00. The molecule has 0 saturated heterocycles. The molecule has 1 saturated carbocycles. The van der Waals surface area contributed by atoms with Gasteiger partial charge in [0.25, 0.3) is 5.91 Å². The lowest BCUT2D eigenvalue weighted by atomic mass is 9.90. The Morgan fingerprint density at radius 1 is 1.32 bits per heavy atom. The number of amides is 1. The van der Waals surface area contributed by atoms with Gasteiger partial charge in [-0.15, -0.1) is 11.6 Å². The first-order chi connectivity index (χ1) is 9.26. The first kappa shape index (κ1) is 14.4. The summed E-state index contributed by atoms with van der Waals surface area (Å²) in [6.45, 7) is 0.763. The van der Waals surface area contributed by atoms with Crippen molar-refractivity contribution in [3.8, 4) is 0 Å². The molecule has 0 radical (unpaired) electrons. The summed E-state index contributed by atoms with van der Waals surface area (Å²) in [6.07, 6.45) is 3.99. The maximum absolute atomic E-state index is 12.5. The highest BCUT2D eigenvalue weighted by molar-refractivity contribution is 6.17. The molecule has 1 aromatic rings. The first-order valence-corrected chi connectivity index (χ1v) is 7.36. The molecule has 1 fully saturated rings. The molecule has 4 heteroatoms. The van der Waals surface area contributed by atoms with Crippen molar-refractivity contribution >= 4 is 17.5 Å². The lowest BCUT2D eigenvalue weighted by molar-refractivity contribution is 0.0562. The van der Waals surface area contributed by atoms with E-state index in [4.69, 9.17) is 16.7 Å². The molecule has 0 aliphatic heterocycles. The van der Waals surface area contributed by atoms with Gasteiger partial charge in [-0.05, 0) is 43.4 Å². The fourth-order valence-electron chi connectivity index (χ4n) is 2.29.